The number of nitrogens with one attached hydrogen (secondary N) is 1. The molecule has 1 N–H and O–H groups in total. The number of rotatable bonds is 9. The molecule has 31 heavy (non-hydrogen) atoms. The fraction of sp³-hybridized carbons (Fsp3) is 0.231. The van der Waals surface area contributed by atoms with Gasteiger partial charge < -0.3 is 14.8 Å². The van der Waals surface area contributed by atoms with Gasteiger partial charge in [-0.3, -0.25) is 4.79 Å². The summed E-state index contributed by atoms with van der Waals surface area (Å²) in [5.41, 5.74) is 4.93. The van der Waals surface area contributed by atoms with Crippen molar-refractivity contribution in [2.24, 2.45) is 0 Å². The quantitative estimate of drug-likeness (QED) is 0.512. The number of anilines is 1. The molecular formula is C26H26N2O3. The Morgan fingerprint density at radius 1 is 0.935 bits per heavy atom. The minimum atomic E-state index is -0.114. The van der Waals surface area contributed by atoms with Crippen LogP contribution in [0.5, 0.6) is 11.5 Å². The molecule has 1 amide bonds. The Labute approximate surface area is 183 Å². The van der Waals surface area contributed by atoms with E-state index in [9.17, 15) is 4.79 Å². The molecule has 0 heterocycles. The first-order valence-electron chi connectivity index (χ1n) is 10.2. The zero-order chi connectivity index (χ0) is 22.1. The van der Waals surface area contributed by atoms with Gasteiger partial charge in [0.2, 0.25) is 5.91 Å². The summed E-state index contributed by atoms with van der Waals surface area (Å²) in [7, 11) is 0. The molecule has 0 radical (unpaired) electrons. The highest BCUT2D eigenvalue weighted by Crippen LogP contribution is 2.20. The Morgan fingerprint density at radius 3 is 2.42 bits per heavy atom. The van der Waals surface area contributed by atoms with Crippen molar-refractivity contribution in [2.75, 3.05) is 11.9 Å². The van der Waals surface area contributed by atoms with Gasteiger partial charge in [0, 0.05) is 11.3 Å². The van der Waals surface area contributed by atoms with Gasteiger partial charge in [0.1, 0.15) is 18.1 Å². The Morgan fingerprint density at radius 2 is 1.68 bits per heavy atom. The van der Waals surface area contributed by atoms with E-state index in [1.807, 2.05) is 73.7 Å². The number of nitrogens with zero attached hydrogens (tertiary/aromatic N) is 1. The Kier molecular flexibility index (Phi) is 7.67. The number of carbonyl (C=O) groups excluding carboxylic acids is 1. The van der Waals surface area contributed by atoms with E-state index in [2.05, 4.69) is 18.3 Å². The van der Waals surface area contributed by atoms with E-state index in [4.69, 9.17) is 14.7 Å². The number of para-hydroxylation sites is 1. The fourth-order valence-electron chi connectivity index (χ4n) is 3.00. The van der Waals surface area contributed by atoms with Gasteiger partial charge in [-0.25, -0.2) is 0 Å². The van der Waals surface area contributed by atoms with Gasteiger partial charge in [-0.2, -0.15) is 5.26 Å². The number of aryl methyl sites for hydroxylation is 2. The number of amides is 1. The highest BCUT2D eigenvalue weighted by Gasteiger charge is 2.08. The van der Waals surface area contributed by atoms with Crippen molar-refractivity contribution in [3.8, 4) is 17.6 Å². The second kappa shape index (κ2) is 10.8. The molecule has 5 nitrogen and oxygen atoms in total. The largest absolute Gasteiger partial charge is 0.493 e. The Balaban J connectivity index is 1.51. The molecule has 0 aliphatic heterocycles. The standard InChI is InChI=1S/C26H26N2O3/c1-19-7-10-24(17-20(19)2)30-16-14-26(29)28-25-6-4-3-5-22(25)18-31-23-11-8-21(9-12-23)13-15-27/h3-12,17H,13-14,16,18H2,1-2H3,(H,28,29). The molecule has 0 fully saturated rings. The molecule has 0 aliphatic carbocycles. The maximum Gasteiger partial charge on any atom is 0.227 e. The van der Waals surface area contributed by atoms with Crippen molar-refractivity contribution < 1.29 is 14.3 Å². The van der Waals surface area contributed by atoms with Gasteiger partial charge in [-0.05, 0) is 60.9 Å². The summed E-state index contributed by atoms with van der Waals surface area (Å²) in [4.78, 5) is 12.4. The fourth-order valence-corrected chi connectivity index (χ4v) is 3.00. The van der Waals surface area contributed by atoms with Crippen LogP contribution >= 0.6 is 0 Å². The molecule has 3 aromatic carbocycles. The summed E-state index contributed by atoms with van der Waals surface area (Å²) in [6.07, 6.45) is 0.630. The third-order valence-electron chi connectivity index (χ3n) is 4.97. The van der Waals surface area contributed by atoms with Crippen LogP contribution in [0.1, 0.15) is 28.7 Å². The number of hydrogen-bond donors (Lipinski definition) is 1. The third kappa shape index (κ3) is 6.61. The summed E-state index contributed by atoms with van der Waals surface area (Å²) >= 11 is 0. The highest BCUT2D eigenvalue weighted by atomic mass is 16.5. The smallest absolute Gasteiger partial charge is 0.227 e. The maximum atomic E-state index is 12.4. The van der Waals surface area contributed by atoms with Crippen molar-refractivity contribution in [1.82, 2.24) is 0 Å². The van der Waals surface area contributed by atoms with Crippen LogP contribution < -0.4 is 14.8 Å². The topological polar surface area (TPSA) is 71.3 Å². The van der Waals surface area contributed by atoms with Crippen LogP contribution in [0.3, 0.4) is 0 Å². The number of nitriles is 1. The molecule has 0 bridgehead atoms. The van der Waals surface area contributed by atoms with E-state index in [1.54, 1.807) is 0 Å². The number of carbonyl (C=O) groups is 1. The van der Waals surface area contributed by atoms with Crippen LogP contribution in [0, 0.1) is 25.2 Å². The average molecular weight is 415 g/mol. The molecule has 0 aliphatic rings. The number of ether oxygens (including phenoxy) is 2. The average Bonchev–Trinajstić information content (AvgIpc) is 2.77. The molecule has 3 aromatic rings. The van der Waals surface area contributed by atoms with E-state index in [1.165, 1.54) is 5.56 Å². The van der Waals surface area contributed by atoms with E-state index < -0.39 is 0 Å². The van der Waals surface area contributed by atoms with Crippen LogP contribution in [-0.2, 0) is 17.8 Å². The lowest BCUT2D eigenvalue weighted by molar-refractivity contribution is -0.116. The van der Waals surface area contributed by atoms with Crippen molar-refractivity contribution in [3.05, 3.63) is 89.0 Å². The SMILES string of the molecule is Cc1ccc(OCCC(=O)Nc2ccccc2COc2ccc(CC#N)cc2)cc1C. The van der Waals surface area contributed by atoms with E-state index >= 15 is 0 Å². The predicted octanol–water partition coefficient (Wildman–Crippen LogP) is 5.36. The predicted molar refractivity (Wildman–Crippen MR) is 121 cm³/mol. The molecule has 0 saturated heterocycles. The van der Waals surface area contributed by atoms with Crippen LogP contribution in [0.15, 0.2) is 66.7 Å². The number of benzene rings is 3. The second-order valence-electron chi connectivity index (χ2n) is 7.32. The van der Waals surface area contributed by atoms with Gasteiger partial charge in [-0.15, -0.1) is 0 Å². The molecule has 0 unspecified atom stereocenters. The summed E-state index contributed by atoms with van der Waals surface area (Å²) in [6, 6.07) is 23.0. The van der Waals surface area contributed by atoms with Crippen LogP contribution in [-0.4, -0.2) is 12.5 Å². The van der Waals surface area contributed by atoms with Crippen molar-refractivity contribution >= 4 is 11.6 Å². The van der Waals surface area contributed by atoms with Crippen molar-refractivity contribution in [3.63, 3.8) is 0 Å². The molecule has 0 atom stereocenters. The van der Waals surface area contributed by atoms with Crippen LogP contribution in [0.4, 0.5) is 5.69 Å². The Bertz CT molecular complexity index is 1070. The summed E-state index contributed by atoms with van der Waals surface area (Å²) in [5.74, 6) is 1.37. The molecule has 158 valence electrons. The molecule has 3 rings (SSSR count). The van der Waals surface area contributed by atoms with E-state index in [-0.39, 0.29) is 12.3 Å². The first-order chi connectivity index (χ1) is 15.0. The lowest BCUT2D eigenvalue weighted by atomic mass is 10.1. The molecule has 0 saturated carbocycles. The molecule has 5 heteroatoms. The van der Waals surface area contributed by atoms with Crippen LogP contribution in [0.25, 0.3) is 0 Å². The zero-order valence-corrected chi connectivity index (χ0v) is 17.9. The third-order valence-corrected chi connectivity index (χ3v) is 4.97. The zero-order valence-electron chi connectivity index (χ0n) is 17.9. The maximum absolute atomic E-state index is 12.4. The molecule has 0 aromatic heterocycles. The first kappa shape index (κ1) is 21.9. The van der Waals surface area contributed by atoms with Crippen molar-refractivity contribution in [1.29, 1.82) is 5.26 Å². The molecule has 0 spiro atoms. The first-order valence-corrected chi connectivity index (χ1v) is 10.2. The minimum Gasteiger partial charge on any atom is -0.493 e. The minimum absolute atomic E-state index is 0.114. The van der Waals surface area contributed by atoms with E-state index in [0.717, 1.165) is 28.1 Å². The van der Waals surface area contributed by atoms with Gasteiger partial charge in [-0.1, -0.05) is 36.4 Å². The summed E-state index contributed by atoms with van der Waals surface area (Å²) in [6.45, 7) is 4.72. The highest BCUT2D eigenvalue weighted by molar-refractivity contribution is 5.91. The summed E-state index contributed by atoms with van der Waals surface area (Å²) in [5, 5.41) is 11.7. The lowest BCUT2D eigenvalue weighted by Gasteiger charge is -2.13. The van der Waals surface area contributed by atoms with E-state index in [0.29, 0.717) is 25.4 Å². The van der Waals surface area contributed by atoms with Gasteiger partial charge in [0.15, 0.2) is 0 Å². The molecular weight excluding hydrogens is 388 g/mol. The van der Waals surface area contributed by atoms with Crippen molar-refractivity contribution in [2.45, 2.75) is 33.3 Å². The monoisotopic (exact) mass is 414 g/mol. The lowest BCUT2D eigenvalue weighted by Crippen LogP contribution is -2.16. The van der Waals surface area contributed by atoms with Gasteiger partial charge in [0.25, 0.3) is 0 Å². The van der Waals surface area contributed by atoms with Gasteiger partial charge in [0.05, 0.1) is 25.5 Å². The van der Waals surface area contributed by atoms with Gasteiger partial charge >= 0.3 is 0 Å². The number of hydrogen-bond acceptors (Lipinski definition) is 4. The summed E-state index contributed by atoms with van der Waals surface area (Å²) < 4.78 is 11.6. The Hall–Kier alpha value is -3.78. The van der Waals surface area contributed by atoms with Crippen LogP contribution in [0.2, 0.25) is 0 Å². The normalized spacial score (nSPS) is 10.2. The second-order valence-corrected chi connectivity index (χ2v) is 7.32.